The number of pyridine rings is 1. The zero-order valence-corrected chi connectivity index (χ0v) is 11.8. The van der Waals surface area contributed by atoms with Gasteiger partial charge in [-0.1, -0.05) is 12.1 Å². The summed E-state index contributed by atoms with van der Waals surface area (Å²) in [5.41, 5.74) is 2.06. The van der Waals surface area contributed by atoms with Gasteiger partial charge in [-0.2, -0.15) is 24.9 Å². The van der Waals surface area contributed by atoms with Crippen LogP contribution in [-0.2, 0) is 18.3 Å². The maximum atomic E-state index is 12.6. The Morgan fingerprint density at radius 2 is 1.86 bits per heavy atom. The molecule has 6 heteroatoms. The van der Waals surface area contributed by atoms with E-state index in [9.17, 15) is 18.3 Å². The fourth-order valence-electron chi connectivity index (χ4n) is 2.29. The van der Waals surface area contributed by atoms with Crippen molar-refractivity contribution in [1.29, 1.82) is 0 Å². The first kappa shape index (κ1) is 14.3. The van der Waals surface area contributed by atoms with Crippen LogP contribution in [0, 0.1) is 0 Å². The van der Waals surface area contributed by atoms with E-state index in [1.165, 1.54) is 18.2 Å². The molecule has 1 N–H and O–H groups in total. The molecule has 1 aromatic heterocycles. The van der Waals surface area contributed by atoms with E-state index in [2.05, 4.69) is 4.98 Å². The van der Waals surface area contributed by atoms with Crippen LogP contribution in [0.4, 0.5) is 13.2 Å². The van der Waals surface area contributed by atoms with Crippen LogP contribution in [0.15, 0.2) is 30.3 Å². The molecule has 0 bridgehead atoms. The van der Waals surface area contributed by atoms with Crippen molar-refractivity contribution in [3.63, 3.8) is 0 Å². The van der Waals surface area contributed by atoms with Gasteiger partial charge in [-0.25, -0.2) is 0 Å². The maximum absolute atomic E-state index is 12.6. The fraction of sp³-hybridized carbons (Fsp3) is 0.267. The number of benzene rings is 1. The Labute approximate surface area is 124 Å². The summed E-state index contributed by atoms with van der Waals surface area (Å²) in [4.78, 5) is 4.48. The summed E-state index contributed by atoms with van der Waals surface area (Å²) >= 11 is 1.73. The van der Waals surface area contributed by atoms with Gasteiger partial charge in [-0.15, -0.1) is 0 Å². The third-order valence-corrected chi connectivity index (χ3v) is 4.41. The lowest BCUT2D eigenvalue weighted by molar-refractivity contribution is -0.137. The Morgan fingerprint density at radius 1 is 1.14 bits per heavy atom. The van der Waals surface area contributed by atoms with Crippen molar-refractivity contribution in [1.82, 2.24) is 4.98 Å². The van der Waals surface area contributed by atoms with Crippen molar-refractivity contribution in [3.8, 4) is 17.0 Å². The lowest BCUT2D eigenvalue weighted by Gasteiger charge is -2.17. The van der Waals surface area contributed by atoms with E-state index < -0.39 is 11.7 Å². The molecule has 0 atom stereocenters. The Kier molecular flexibility index (Phi) is 3.57. The van der Waals surface area contributed by atoms with E-state index in [0.717, 1.165) is 41.3 Å². The van der Waals surface area contributed by atoms with Crippen LogP contribution < -0.4 is 0 Å². The topological polar surface area (TPSA) is 33.1 Å². The third kappa shape index (κ3) is 2.85. The number of aryl methyl sites for hydroxylation is 1. The zero-order valence-electron chi connectivity index (χ0n) is 10.9. The zero-order chi connectivity index (χ0) is 15.0. The number of nitrogens with zero attached hydrogens (tertiary/aromatic N) is 1. The average molecular weight is 311 g/mol. The predicted octanol–water partition coefficient (Wildman–Crippen LogP) is 4.26. The van der Waals surface area contributed by atoms with Crippen molar-refractivity contribution in [2.75, 3.05) is 5.75 Å². The van der Waals surface area contributed by atoms with Gasteiger partial charge < -0.3 is 5.11 Å². The smallest absolute Gasteiger partial charge is 0.416 e. The number of aromatic hydroxyl groups is 1. The van der Waals surface area contributed by atoms with E-state index in [4.69, 9.17) is 0 Å². The predicted molar refractivity (Wildman–Crippen MR) is 76.2 cm³/mol. The van der Waals surface area contributed by atoms with E-state index in [0.29, 0.717) is 11.3 Å². The highest BCUT2D eigenvalue weighted by Gasteiger charge is 2.30. The van der Waals surface area contributed by atoms with Gasteiger partial charge in [-0.05, 0) is 24.3 Å². The minimum absolute atomic E-state index is 0.169. The van der Waals surface area contributed by atoms with Crippen LogP contribution in [0.5, 0.6) is 5.75 Å². The molecular weight excluding hydrogens is 299 g/mol. The quantitative estimate of drug-likeness (QED) is 0.854. The SMILES string of the molecule is Oc1cc(-c2ccc(C(F)(F)F)cc2)nc2c1CSCC2. The van der Waals surface area contributed by atoms with Gasteiger partial charge in [0.2, 0.25) is 0 Å². The first-order valence-corrected chi connectivity index (χ1v) is 7.58. The Hall–Kier alpha value is -1.69. The monoisotopic (exact) mass is 311 g/mol. The van der Waals surface area contributed by atoms with Crippen LogP contribution in [0.2, 0.25) is 0 Å². The summed E-state index contributed by atoms with van der Waals surface area (Å²) in [5.74, 6) is 1.83. The molecule has 0 radical (unpaired) electrons. The number of halogens is 3. The molecule has 0 fully saturated rings. The number of rotatable bonds is 1. The first-order chi connectivity index (χ1) is 9.95. The van der Waals surface area contributed by atoms with Crippen molar-refractivity contribution in [2.24, 2.45) is 0 Å². The van der Waals surface area contributed by atoms with Gasteiger partial charge in [-0.3, -0.25) is 4.98 Å². The van der Waals surface area contributed by atoms with Gasteiger partial charge in [0.05, 0.1) is 11.3 Å². The number of hydrogen-bond acceptors (Lipinski definition) is 3. The molecule has 0 spiro atoms. The molecule has 1 aromatic carbocycles. The summed E-state index contributed by atoms with van der Waals surface area (Å²) < 4.78 is 37.7. The summed E-state index contributed by atoms with van der Waals surface area (Å²) in [5, 5.41) is 10.0. The van der Waals surface area contributed by atoms with Crippen LogP contribution in [0.1, 0.15) is 16.8 Å². The van der Waals surface area contributed by atoms with Crippen molar-refractivity contribution >= 4 is 11.8 Å². The lowest BCUT2D eigenvalue weighted by Crippen LogP contribution is -2.07. The number of hydrogen-bond donors (Lipinski definition) is 1. The van der Waals surface area contributed by atoms with Gasteiger partial charge in [0.15, 0.2) is 0 Å². The molecule has 21 heavy (non-hydrogen) atoms. The highest BCUT2D eigenvalue weighted by Crippen LogP contribution is 2.35. The van der Waals surface area contributed by atoms with Gasteiger partial charge in [0, 0.05) is 28.6 Å². The second-order valence-corrected chi connectivity index (χ2v) is 5.93. The minimum atomic E-state index is -4.35. The van der Waals surface area contributed by atoms with E-state index in [1.807, 2.05) is 0 Å². The van der Waals surface area contributed by atoms with Gasteiger partial charge in [0.1, 0.15) is 5.75 Å². The van der Waals surface area contributed by atoms with Crippen molar-refractivity contribution < 1.29 is 18.3 Å². The summed E-state index contributed by atoms with van der Waals surface area (Å²) in [6.45, 7) is 0. The molecule has 2 heterocycles. The molecule has 2 aromatic rings. The number of alkyl halides is 3. The second kappa shape index (κ2) is 5.26. The highest BCUT2D eigenvalue weighted by atomic mass is 32.2. The molecule has 0 aliphatic carbocycles. The third-order valence-electron chi connectivity index (χ3n) is 3.42. The molecule has 0 unspecified atom stereocenters. The summed E-state index contributed by atoms with van der Waals surface area (Å²) in [7, 11) is 0. The van der Waals surface area contributed by atoms with Crippen LogP contribution >= 0.6 is 11.8 Å². The molecule has 1 aliphatic rings. The molecule has 3 rings (SSSR count). The normalized spacial score (nSPS) is 14.8. The standard InChI is InChI=1S/C15H12F3NOS/c16-15(17,18)10-3-1-9(2-4-10)13-7-14(20)11-8-21-6-5-12(11)19-13/h1-4,7H,5-6,8H2,(H,19,20). The average Bonchev–Trinajstić information content (AvgIpc) is 2.46. The largest absolute Gasteiger partial charge is 0.507 e. The molecule has 2 nitrogen and oxygen atoms in total. The van der Waals surface area contributed by atoms with E-state index in [-0.39, 0.29) is 5.75 Å². The molecule has 1 aliphatic heterocycles. The number of aromatic nitrogens is 1. The number of thioether (sulfide) groups is 1. The fourth-order valence-corrected chi connectivity index (χ4v) is 3.30. The molecule has 0 saturated carbocycles. The Morgan fingerprint density at radius 3 is 2.52 bits per heavy atom. The summed E-state index contributed by atoms with van der Waals surface area (Å²) in [6.07, 6.45) is -3.58. The van der Waals surface area contributed by atoms with Crippen LogP contribution in [0.3, 0.4) is 0 Å². The molecular formula is C15H12F3NOS. The van der Waals surface area contributed by atoms with Crippen molar-refractivity contribution in [3.05, 3.63) is 47.2 Å². The minimum Gasteiger partial charge on any atom is -0.507 e. The Bertz CT molecular complexity index is 668. The molecule has 0 amide bonds. The highest BCUT2D eigenvalue weighted by molar-refractivity contribution is 7.98. The summed E-state index contributed by atoms with van der Waals surface area (Å²) in [6, 6.07) is 6.35. The maximum Gasteiger partial charge on any atom is 0.416 e. The first-order valence-electron chi connectivity index (χ1n) is 6.42. The second-order valence-electron chi connectivity index (χ2n) is 4.83. The Balaban J connectivity index is 1.99. The van der Waals surface area contributed by atoms with Gasteiger partial charge in [0.25, 0.3) is 0 Å². The van der Waals surface area contributed by atoms with Crippen LogP contribution in [-0.4, -0.2) is 15.8 Å². The van der Waals surface area contributed by atoms with E-state index >= 15 is 0 Å². The lowest BCUT2D eigenvalue weighted by atomic mass is 10.0. The van der Waals surface area contributed by atoms with Crippen LogP contribution in [0.25, 0.3) is 11.3 Å². The molecule has 110 valence electrons. The van der Waals surface area contributed by atoms with E-state index in [1.54, 1.807) is 11.8 Å². The van der Waals surface area contributed by atoms with Crippen molar-refractivity contribution in [2.45, 2.75) is 18.3 Å². The number of fused-ring (bicyclic) bond motifs is 1. The molecule has 0 saturated heterocycles. The van der Waals surface area contributed by atoms with Gasteiger partial charge >= 0.3 is 6.18 Å².